The highest BCUT2D eigenvalue weighted by Crippen LogP contribution is 2.45. The number of carbonyl (C=O) groups excluding carboxylic acids is 1. The Morgan fingerprint density at radius 2 is 2.09 bits per heavy atom. The van der Waals surface area contributed by atoms with Crippen LogP contribution in [-0.2, 0) is 23.4 Å². The summed E-state index contributed by atoms with van der Waals surface area (Å²) in [5.41, 5.74) is 4.49. The lowest BCUT2D eigenvalue weighted by Crippen LogP contribution is -2.35. The Morgan fingerprint density at radius 3 is 2.76 bits per heavy atom. The van der Waals surface area contributed by atoms with Gasteiger partial charge in [0.25, 0.3) is 0 Å². The lowest BCUT2D eigenvalue weighted by molar-refractivity contribution is -0.142. The van der Waals surface area contributed by atoms with Crippen molar-refractivity contribution in [2.24, 2.45) is 0 Å². The number of hydrogen-bond donors (Lipinski definition) is 2. The number of nitrogen functional groups attached to an aromatic ring is 1. The van der Waals surface area contributed by atoms with Gasteiger partial charge in [0, 0.05) is 4.47 Å². The molecule has 0 spiro atoms. The van der Waals surface area contributed by atoms with Crippen molar-refractivity contribution in [1.82, 2.24) is 14.6 Å². The number of rotatable bonds is 9. The number of carbonyl (C=O) groups is 1. The van der Waals surface area contributed by atoms with E-state index >= 15 is 0 Å². The fraction of sp³-hybridized carbons (Fsp3) is 0.316. The van der Waals surface area contributed by atoms with Crippen LogP contribution < -0.4 is 21.0 Å². The lowest BCUT2D eigenvalue weighted by atomic mass is 10.3. The molecule has 3 N–H and O–H groups in total. The summed E-state index contributed by atoms with van der Waals surface area (Å²) in [6.45, 7) is 1.16. The van der Waals surface area contributed by atoms with E-state index in [4.69, 9.17) is 19.5 Å². The number of anilines is 1. The van der Waals surface area contributed by atoms with E-state index in [1.807, 2.05) is 0 Å². The summed E-state index contributed by atoms with van der Waals surface area (Å²) in [5, 5.41) is 2.51. The van der Waals surface area contributed by atoms with Crippen LogP contribution in [0.5, 0.6) is 5.75 Å². The third-order valence-corrected chi connectivity index (χ3v) is 6.54. The first kappa shape index (κ1) is 25.1. The second kappa shape index (κ2) is 10.6. The number of nitrogens with one attached hydrogen (secondary N) is 1. The van der Waals surface area contributed by atoms with Crippen molar-refractivity contribution < 1.29 is 32.3 Å². The molecule has 178 valence electrons. The van der Waals surface area contributed by atoms with Gasteiger partial charge in [0.05, 0.1) is 19.9 Å². The van der Waals surface area contributed by atoms with Gasteiger partial charge in [-0.05, 0) is 37.3 Å². The SMILES string of the molecule is COC(=O)[C@H](C)NP(=O)(OC[C@H]1C=C[C@@H](n2cc(F)c(N)nc2=O)O1)Oc1ccc(Br)cc1. The van der Waals surface area contributed by atoms with Gasteiger partial charge in [-0.15, -0.1) is 0 Å². The third kappa shape index (κ3) is 6.49. The molecule has 0 saturated carbocycles. The summed E-state index contributed by atoms with van der Waals surface area (Å²) in [5.74, 6) is -1.84. The maximum absolute atomic E-state index is 13.7. The molecular formula is C19H21BrFN4O7P. The molecule has 0 saturated heterocycles. The molecule has 1 aliphatic rings. The zero-order chi connectivity index (χ0) is 24.2. The number of esters is 1. The lowest BCUT2D eigenvalue weighted by Gasteiger charge is -2.24. The van der Waals surface area contributed by atoms with Crippen LogP contribution in [0.2, 0.25) is 0 Å². The number of aromatic nitrogens is 2. The summed E-state index contributed by atoms with van der Waals surface area (Å²) in [7, 11) is -2.89. The maximum atomic E-state index is 13.7. The highest BCUT2D eigenvalue weighted by atomic mass is 79.9. The fourth-order valence-electron chi connectivity index (χ4n) is 2.74. The van der Waals surface area contributed by atoms with Crippen LogP contribution in [0.25, 0.3) is 0 Å². The summed E-state index contributed by atoms with van der Waals surface area (Å²) >= 11 is 3.29. The number of benzene rings is 1. The first-order valence-corrected chi connectivity index (χ1v) is 11.9. The minimum absolute atomic E-state index is 0.224. The molecule has 1 unspecified atom stereocenters. The molecule has 0 amide bonds. The Morgan fingerprint density at radius 1 is 1.39 bits per heavy atom. The van der Waals surface area contributed by atoms with Crippen LogP contribution >= 0.6 is 23.7 Å². The number of hydrogen-bond acceptors (Lipinski definition) is 9. The van der Waals surface area contributed by atoms with E-state index in [0.29, 0.717) is 0 Å². The van der Waals surface area contributed by atoms with Crippen LogP contribution in [0.1, 0.15) is 13.2 Å². The zero-order valence-electron chi connectivity index (χ0n) is 17.5. The molecule has 33 heavy (non-hydrogen) atoms. The molecule has 0 bridgehead atoms. The average molecular weight is 547 g/mol. The highest BCUT2D eigenvalue weighted by molar-refractivity contribution is 9.10. The summed E-state index contributed by atoms with van der Waals surface area (Å²) < 4.78 is 50.1. The molecular weight excluding hydrogens is 526 g/mol. The molecule has 4 atom stereocenters. The predicted octanol–water partition coefficient (Wildman–Crippen LogP) is 2.54. The Balaban J connectivity index is 1.70. The molecule has 1 aromatic heterocycles. The number of nitrogens with zero attached hydrogens (tertiary/aromatic N) is 2. The van der Waals surface area contributed by atoms with Gasteiger partial charge in [0.15, 0.2) is 17.9 Å². The van der Waals surface area contributed by atoms with E-state index in [1.165, 1.54) is 20.1 Å². The van der Waals surface area contributed by atoms with Gasteiger partial charge in [-0.25, -0.2) is 13.8 Å². The average Bonchev–Trinajstić information content (AvgIpc) is 3.25. The van der Waals surface area contributed by atoms with Crippen molar-refractivity contribution in [2.75, 3.05) is 19.5 Å². The second-order valence-electron chi connectivity index (χ2n) is 6.83. The molecule has 0 fully saturated rings. The first-order valence-electron chi connectivity index (χ1n) is 9.53. The van der Waals surface area contributed by atoms with E-state index in [9.17, 15) is 18.5 Å². The van der Waals surface area contributed by atoms with Crippen LogP contribution in [0.3, 0.4) is 0 Å². The van der Waals surface area contributed by atoms with Crippen molar-refractivity contribution in [1.29, 1.82) is 0 Å². The van der Waals surface area contributed by atoms with Crippen LogP contribution in [-0.4, -0.2) is 41.4 Å². The third-order valence-electron chi connectivity index (χ3n) is 4.37. The molecule has 1 aromatic carbocycles. The first-order chi connectivity index (χ1) is 15.6. The Kier molecular flexibility index (Phi) is 8.03. The van der Waals surface area contributed by atoms with Crippen molar-refractivity contribution >= 4 is 35.5 Å². The van der Waals surface area contributed by atoms with Gasteiger partial charge >= 0.3 is 19.4 Å². The molecule has 11 nitrogen and oxygen atoms in total. The molecule has 1 aliphatic heterocycles. The smallest absolute Gasteiger partial charge is 0.459 e. The van der Waals surface area contributed by atoms with Crippen molar-refractivity contribution in [3.05, 3.63) is 63.4 Å². The largest absolute Gasteiger partial charge is 0.468 e. The summed E-state index contributed by atoms with van der Waals surface area (Å²) in [6, 6.07) is 5.46. The van der Waals surface area contributed by atoms with Crippen molar-refractivity contribution in [3.8, 4) is 5.75 Å². The predicted molar refractivity (Wildman–Crippen MR) is 119 cm³/mol. The Hall–Kier alpha value is -2.57. The highest BCUT2D eigenvalue weighted by Gasteiger charge is 2.34. The molecule has 2 heterocycles. The van der Waals surface area contributed by atoms with Gasteiger partial charge in [0.1, 0.15) is 17.9 Å². The Bertz CT molecular complexity index is 1140. The standard InChI is InChI=1S/C19H21BrFN4O7P/c1-11(18(26)29-2)24-33(28,32-13-5-3-12(20)4-6-13)30-10-14-7-8-16(31-14)25-9-15(21)17(22)23-19(25)27/h3-9,11,14,16H,10H2,1-2H3,(H,24,28)(H2,22,23,27)/t11-,14+,16-,33?/m0/s1. The molecule has 3 rings (SSSR count). The number of halogens is 2. The molecule has 0 radical (unpaired) electrons. The van der Waals surface area contributed by atoms with E-state index < -0.39 is 49.4 Å². The molecule has 14 heteroatoms. The molecule has 2 aromatic rings. The van der Waals surface area contributed by atoms with Gasteiger partial charge < -0.3 is 19.7 Å². The van der Waals surface area contributed by atoms with Crippen molar-refractivity contribution in [2.45, 2.75) is 25.3 Å². The van der Waals surface area contributed by atoms with E-state index in [2.05, 4.69) is 30.7 Å². The van der Waals surface area contributed by atoms with Crippen LogP contribution in [0, 0.1) is 5.82 Å². The quantitative estimate of drug-likeness (QED) is 0.273. The van der Waals surface area contributed by atoms with Crippen LogP contribution in [0.4, 0.5) is 10.2 Å². The van der Waals surface area contributed by atoms with Gasteiger partial charge in [-0.1, -0.05) is 22.0 Å². The van der Waals surface area contributed by atoms with E-state index in [1.54, 1.807) is 30.3 Å². The normalized spacial score (nSPS) is 20.2. The van der Waals surface area contributed by atoms with E-state index in [0.717, 1.165) is 15.2 Å². The Labute approximate surface area is 196 Å². The summed E-state index contributed by atoms with van der Waals surface area (Å²) in [4.78, 5) is 27.2. The van der Waals surface area contributed by atoms with Gasteiger partial charge in [-0.2, -0.15) is 10.1 Å². The fourth-order valence-corrected chi connectivity index (χ4v) is 4.51. The van der Waals surface area contributed by atoms with Gasteiger partial charge in [0.2, 0.25) is 0 Å². The second-order valence-corrected chi connectivity index (χ2v) is 9.44. The van der Waals surface area contributed by atoms with Gasteiger partial charge in [-0.3, -0.25) is 13.9 Å². The van der Waals surface area contributed by atoms with Crippen molar-refractivity contribution in [3.63, 3.8) is 0 Å². The number of ether oxygens (including phenoxy) is 2. The minimum Gasteiger partial charge on any atom is -0.468 e. The molecule has 0 aliphatic carbocycles. The summed E-state index contributed by atoms with van der Waals surface area (Å²) in [6.07, 6.45) is 2.17. The maximum Gasteiger partial charge on any atom is 0.459 e. The topological polar surface area (TPSA) is 144 Å². The monoisotopic (exact) mass is 546 g/mol. The van der Waals surface area contributed by atoms with Crippen LogP contribution in [0.15, 0.2) is 51.9 Å². The van der Waals surface area contributed by atoms with E-state index in [-0.39, 0.29) is 12.4 Å². The number of nitrogens with two attached hydrogens (primary N) is 1. The minimum atomic E-state index is -4.09. The zero-order valence-corrected chi connectivity index (χ0v) is 20.0. The number of methoxy groups -OCH3 is 1.